The van der Waals surface area contributed by atoms with Crippen LogP contribution in [0.1, 0.15) is 114 Å². The molecule has 0 radical (unpaired) electrons. The number of hydrogen-bond donors (Lipinski definition) is 0. The normalized spacial score (nSPS) is 17.3. The molecule has 0 aromatic heterocycles. The summed E-state index contributed by atoms with van der Waals surface area (Å²) in [6, 6.07) is 4.15. The predicted molar refractivity (Wildman–Crippen MR) is 134 cm³/mol. The summed E-state index contributed by atoms with van der Waals surface area (Å²) in [5.74, 6) is 1.65. The van der Waals surface area contributed by atoms with Gasteiger partial charge in [0.25, 0.3) is 0 Å². The highest BCUT2D eigenvalue weighted by Gasteiger charge is 2.33. The molecule has 3 nitrogen and oxygen atoms in total. The Morgan fingerprint density at radius 1 is 1.00 bits per heavy atom. The summed E-state index contributed by atoms with van der Waals surface area (Å²) in [4.78, 5) is 36.9. The molecule has 0 spiro atoms. The lowest BCUT2D eigenvalue weighted by Gasteiger charge is -2.32. The Morgan fingerprint density at radius 2 is 1.59 bits per heavy atom. The van der Waals surface area contributed by atoms with Gasteiger partial charge in [-0.25, -0.2) is 0 Å². The molecule has 0 aliphatic heterocycles. The Morgan fingerprint density at radius 3 is 2.09 bits per heavy atom. The molecule has 1 aliphatic carbocycles. The molecule has 180 valence electrons. The van der Waals surface area contributed by atoms with Crippen molar-refractivity contribution in [1.29, 1.82) is 0 Å². The summed E-state index contributed by atoms with van der Waals surface area (Å²) in [7, 11) is 0. The molecular weight excluding hydrogens is 396 g/mol. The van der Waals surface area contributed by atoms with E-state index >= 15 is 0 Å². The number of ketones is 3. The van der Waals surface area contributed by atoms with Crippen molar-refractivity contribution < 1.29 is 14.4 Å². The molecule has 3 unspecified atom stereocenters. The van der Waals surface area contributed by atoms with Crippen molar-refractivity contribution in [1.82, 2.24) is 0 Å². The standard InChI is InChI=1S/C24H34O3.C5H12/c1-6-8-19(20(7-2)22(26)11-17(5)25)12-18-13-21-15(3)9-10-16(4)24(21)23(27)14-18;1-4-5(2)3/h9-10,18-20H,6-8,11-14H2,1-5H3;5H,4H2,1-3H3. The van der Waals surface area contributed by atoms with Crippen LogP contribution in [0.4, 0.5) is 0 Å². The largest absolute Gasteiger partial charge is 0.300 e. The van der Waals surface area contributed by atoms with Crippen LogP contribution < -0.4 is 0 Å². The van der Waals surface area contributed by atoms with Gasteiger partial charge in [0.05, 0.1) is 6.42 Å². The molecular formula is C29H46O3. The molecule has 2 rings (SSSR count). The Bertz CT molecular complexity index is 775. The molecule has 1 aliphatic rings. The number of hydrogen-bond acceptors (Lipinski definition) is 3. The van der Waals surface area contributed by atoms with Gasteiger partial charge in [-0.2, -0.15) is 0 Å². The zero-order valence-corrected chi connectivity index (χ0v) is 21.8. The van der Waals surface area contributed by atoms with E-state index in [-0.39, 0.29) is 35.6 Å². The predicted octanol–water partition coefficient (Wildman–Crippen LogP) is 7.48. The van der Waals surface area contributed by atoms with Crippen molar-refractivity contribution in [2.75, 3.05) is 0 Å². The minimum atomic E-state index is -0.0658. The van der Waals surface area contributed by atoms with Crippen molar-refractivity contribution in [3.8, 4) is 0 Å². The van der Waals surface area contributed by atoms with Crippen LogP contribution in [0.3, 0.4) is 0 Å². The van der Waals surface area contributed by atoms with E-state index in [2.05, 4.69) is 40.7 Å². The molecule has 32 heavy (non-hydrogen) atoms. The van der Waals surface area contributed by atoms with Gasteiger partial charge in [-0.15, -0.1) is 0 Å². The third kappa shape index (κ3) is 8.30. The molecule has 0 N–H and O–H groups in total. The molecule has 3 atom stereocenters. The van der Waals surface area contributed by atoms with Crippen molar-refractivity contribution in [3.05, 3.63) is 34.4 Å². The summed E-state index contributed by atoms with van der Waals surface area (Å²) < 4.78 is 0. The number of rotatable bonds is 10. The van der Waals surface area contributed by atoms with Crippen LogP contribution in [0.15, 0.2) is 12.1 Å². The molecule has 1 aromatic rings. The lowest BCUT2D eigenvalue weighted by atomic mass is 9.71. The van der Waals surface area contributed by atoms with Crippen molar-refractivity contribution in [3.63, 3.8) is 0 Å². The zero-order valence-electron chi connectivity index (χ0n) is 21.8. The van der Waals surface area contributed by atoms with E-state index < -0.39 is 0 Å². The summed E-state index contributed by atoms with van der Waals surface area (Å²) >= 11 is 0. The second-order valence-electron chi connectivity index (χ2n) is 10.2. The Balaban J connectivity index is 0.000000920. The van der Waals surface area contributed by atoms with Crippen molar-refractivity contribution >= 4 is 17.3 Å². The van der Waals surface area contributed by atoms with Gasteiger partial charge in [0.2, 0.25) is 0 Å². The summed E-state index contributed by atoms with van der Waals surface area (Å²) in [5.41, 5.74) is 4.40. The van der Waals surface area contributed by atoms with Gasteiger partial charge in [-0.1, -0.05) is 66.0 Å². The van der Waals surface area contributed by atoms with Crippen molar-refractivity contribution in [2.24, 2.45) is 23.7 Å². The smallest absolute Gasteiger partial charge is 0.163 e. The highest BCUT2D eigenvalue weighted by molar-refractivity contribution is 6.00. The molecule has 0 saturated heterocycles. The monoisotopic (exact) mass is 442 g/mol. The molecule has 0 amide bonds. The average molecular weight is 443 g/mol. The third-order valence-corrected chi connectivity index (χ3v) is 6.96. The van der Waals surface area contributed by atoms with E-state index in [1.165, 1.54) is 24.5 Å². The first kappa shape index (κ1) is 28.3. The minimum absolute atomic E-state index is 0.0451. The summed E-state index contributed by atoms with van der Waals surface area (Å²) in [6.45, 7) is 16.4. The summed E-state index contributed by atoms with van der Waals surface area (Å²) in [6.07, 6.45) is 6.52. The maximum Gasteiger partial charge on any atom is 0.163 e. The number of aryl methyl sites for hydroxylation is 2. The second kappa shape index (κ2) is 13.7. The molecule has 0 saturated carbocycles. The van der Waals surface area contributed by atoms with Gasteiger partial charge in [0, 0.05) is 17.9 Å². The van der Waals surface area contributed by atoms with Gasteiger partial charge in [-0.05, 0) is 74.5 Å². The summed E-state index contributed by atoms with van der Waals surface area (Å²) in [5, 5.41) is 0. The Kier molecular flexibility index (Phi) is 12.1. The average Bonchev–Trinajstić information content (AvgIpc) is 2.71. The molecule has 0 heterocycles. The number of fused-ring (bicyclic) bond motifs is 1. The maximum atomic E-state index is 12.8. The van der Waals surface area contributed by atoms with Crippen LogP contribution in [0.25, 0.3) is 0 Å². The minimum Gasteiger partial charge on any atom is -0.300 e. The first-order chi connectivity index (χ1) is 15.0. The van der Waals surface area contributed by atoms with Crippen molar-refractivity contribution in [2.45, 2.75) is 107 Å². The molecule has 0 fully saturated rings. The van der Waals surface area contributed by atoms with Gasteiger partial charge in [-0.3, -0.25) is 14.4 Å². The maximum absolute atomic E-state index is 12.8. The number of benzene rings is 1. The van der Waals surface area contributed by atoms with Crippen LogP contribution in [-0.2, 0) is 16.0 Å². The quantitative estimate of drug-likeness (QED) is 0.353. The molecule has 0 bridgehead atoms. The van der Waals surface area contributed by atoms with Gasteiger partial charge in [0.15, 0.2) is 5.78 Å². The molecule has 1 aromatic carbocycles. The van der Waals surface area contributed by atoms with E-state index in [4.69, 9.17) is 0 Å². The molecule has 3 heteroatoms. The topological polar surface area (TPSA) is 51.2 Å². The Hall–Kier alpha value is -1.77. The van der Waals surface area contributed by atoms with E-state index in [1.54, 1.807) is 0 Å². The van der Waals surface area contributed by atoms with Crippen LogP contribution in [0, 0.1) is 37.5 Å². The Labute approximate surface area is 196 Å². The van der Waals surface area contributed by atoms with E-state index in [1.807, 2.05) is 19.9 Å². The fraction of sp³-hybridized carbons (Fsp3) is 0.690. The van der Waals surface area contributed by atoms with Crippen LogP contribution in [0.5, 0.6) is 0 Å². The highest BCUT2D eigenvalue weighted by atomic mass is 16.1. The van der Waals surface area contributed by atoms with E-state index in [0.717, 1.165) is 49.1 Å². The number of carbonyl (C=O) groups is 3. The fourth-order valence-electron chi connectivity index (χ4n) is 4.89. The number of Topliss-reactive ketones (excluding diaryl/α,β-unsaturated/α-hetero) is 3. The van der Waals surface area contributed by atoms with Crippen LogP contribution in [-0.4, -0.2) is 17.3 Å². The first-order valence-electron chi connectivity index (χ1n) is 12.7. The van der Waals surface area contributed by atoms with Gasteiger partial charge >= 0.3 is 0 Å². The zero-order chi connectivity index (χ0) is 24.4. The SMILES string of the molecule is CCC(C)C.CCCC(CC1CC(=O)c2c(C)ccc(C)c2C1)C(CC)C(=O)CC(C)=O. The highest BCUT2D eigenvalue weighted by Crippen LogP contribution is 2.37. The van der Waals surface area contributed by atoms with E-state index in [0.29, 0.717) is 12.3 Å². The van der Waals surface area contributed by atoms with Crippen LogP contribution >= 0.6 is 0 Å². The first-order valence-corrected chi connectivity index (χ1v) is 12.7. The second-order valence-corrected chi connectivity index (χ2v) is 10.2. The van der Waals surface area contributed by atoms with Crippen LogP contribution in [0.2, 0.25) is 0 Å². The third-order valence-electron chi connectivity index (χ3n) is 6.96. The van der Waals surface area contributed by atoms with E-state index in [9.17, 15) is 14.4 Å². The lowest BCUT2D eigenvalue weighted by molar-refractivity contribution is -0.129. The lowest BCUT2D eigenvalue weighted by Crippen LogP contribution is -2.30. The van der Waals surface area contributed by atoms with Gasteiger partial charge in [0.1, 0.15) is 11.6 Å². The number of carbonyl (C=O) groups excluding carboxylic acids is 3. The van der Waals surface area contributed by atoms with Gasteiger partial charge < -0.3 is 0 Å². The fourth-order valence-corrected chi connectivity index (χ4v) is 4.89.